The first kappa shape index (κ1) is 20.8. The summed E-state index contributed by atoms with van der Waals surface area (Å²) >= 11 is 6.70. The van der Waals surface area contributed by atoms with Crippen LogP contribution >= 0.6 is 24.0 Å². The molecule has 3 rings (SSSR count). The van der Waals surface area contributed by atoms with Crippen LogP contribution in [0.15, 0.2) is 46.9 Å². The zero-order valence-electron chi connectivity index (χ0n) is 15.9. The van der Waals surface area contributed by atoms with Crippen molar-refractivity contribution >= 4 is 46.2 Å². The zero-order chi connectivity index (χ0) is 19.9. The lowest BCUT2D eigenvalue weighted by Gasteiger charge is -2.27. The summed E-state index contributed by atoms with van der Waals surface area (Å²) in [5, 5.41) is 0. The number of carbonyl (C=O) groups is 2. The molecule has 0 aromatic heterocycles. The molecule has 2 saturated heterocycles. The predicted molar refractivity (Wildman–Crippen MR) is 117 cm³/mol. The van der Waals surface area contributed by atoms with E-state index in [0.29, 0.717) is 54.9 Å². The molecule has 28 heavy (non-hydrogen) atoms. The number of thioether (sulfide) groups is 1. The van der Waals surface area contributed by atoms with Crippen molar-refractivity contribution in [2.45, 2.75) is 19.8 Å². The van der Waals surface area contributed by atoms with E-state index in [4.69, 9.17) is 17.0 Å². The first-order chi connectivity index (χ1) is 13.5. The minimum absolute atomic E-state index is 0.0744. The van der Waals surface area contributed by atoms with Crippen LogP contribution in [-0.2, 0) is 14.3 Å². The van der Waals surface area contributed by atoms with Crippen LogP contribution in [0.5, 0.6) is 0 Å². The van der Waals surface area contributed by atoms with E-state index in [2.05, 4.69) is 0 Å². The molecule has 0 N–H and O–H groups in total. The topological polar surface area (TPSA) is 49.9 Å². The van der Waals surface area contributed by atoms with E-state index in [-0.39, 0.29) is 11.8 Å². The van der Waals surface area contributed by atoms with E-state index >= 15 is 0 Å². The summed E-state index contributed by atoms with van der Waals surface area (Å²) in [5.41, 5.74) is 2.09. The van der Waals surface area contributed by atoms with E-state index in [1.807, 2.05) is 54.3 Å². The van der Waals surface area contributed by atoms with Gasteiger partial charge in [0.25, 0.3) is 5.91 Å². The normalized spacial score (nSPS) is 19.6. The van der Waals surface area contributed by atoms with Crippen molar-refractivity contribution in [1.29, 1.82) is 0 Å². The lowest BCUT2D eigenvalue weighted by Crippen LogP contribution is -2.41. The van der Waals surface area contributed by atoms with Gasteiger partial charge in [0.15, 0.2) is 0 Å². The molecule has 0 radical (unpaired) electrons. The Labute approximate surface area is 175 Å². The largest absolute Gasteiger partial charge is 0.378 e. The van der Waals surface area contributed by atoms with Gasteiger partial charge in [-0.2, -0.15) is 0 Å². The van der Waals surface area contributed by atoms with Crippen LogP contribution in [0.1, 0.15) is 25.3 Å². The number of carbonyl (C=O) groups excluding carboxylic acids is 2. The van der Waals surface area contributed by atoms with Crippen molar-refractivity contribution < 1.29 is 14.3 Å². The molecule has 0 aliphatic carbocycles. The summed E-state index contributed by atoms with van der Waals surface area (Å²) in [6.07, 6.45) is 4.94. The van der Waals surface area contributed by atoms with Gasteiger partial charge in [-0.25, -0.2) is 0 Å². The van der Waals surface area contributed by atoms with E-state index in [1.54, 1.807) is 4.90 Å². The van der Waals surface area contributed by atoms with Gasteiger partial charge in [-0.1, -0.05) is 60.4 Å². The summed E-state index contributed by atoms with van der Waals surface area (Å²) in [5.74, 6) is 0.0422. The second-order valence-corrected chi connectivity index (χ2v) is 8.40. The summed E-state index contributed by atoms with van der Waals surface area (Å²) in [6.45, 7) is 4.94. The van der Waals surface area contributed by atoms with Gasteiger partial charge in [-0.15, -0.1) is 0 Å². The van der Waals surface area contributed by atoms with Gasteiger partial charge in [0.1, 0.15) is 4.32 Å². The molecule has 5 nitrogen and oxygen atoms in total. The second-order valence-electron chi connectivity index (χ2n) is 6.73. The molecule has 1 aromatic carbocycles. The SMILES string of the molecule is CC(=Cc1ccccc1)C=C1SC(=S)N(CCCC(=O)N2CCOCC2)C1=O. The Kier molecular flexibility index (Phi) is 7.42. The first-order valence-corrected chi connectivity index (χ1v) is 10.6. The molecule has 148 valence electrons. The molecule has 2 aliphatic heterocycles. The highest BCUT2D eigenvalue weighted by molar-refractivity contribution is 8.26. The summed E-state index contributed by atoms with van der Waals surface area (Å²) in [6, 6.07) is 9.98. The van der Waals surface area contributed by atoms with Crippen LogP contribution in [0.25, 0.3) is 6.08 Å². The number of amides is 2. The van der Waals surface area contributed by atoms with Crippen LogP contribution in [-0.4, -0.2) is 58.8 Å². The Hall–Kier alpha value is -1.96. The zero-order valence-corrected chi connectivity index (χ0v) is 17.6. The first-order valence-electron chi connectivity index (χ1n) is 9.39. The van der Waals surface area contributed by atoms with Gasteiger partial charge in [0.05, 0.1) is 18.1 Å². The highest BCUT2D eigenvalue weighted by Gasteiger charge is 2.31. The van der Waals surface area contributed by atoms with Crippen molar-refractivity contribution in [2.75, 3.05) is 32.8 Å². The number of hydrogen-bond acceptors (Lipinski definition) is 5. The van der Waals surface area contributed by atoms with Gasteiger partial charge in [0.2, 0.25) is 5.91 Å². The number of morpholine rings is 1. The lowest BCUT2D eigenvalue weighted by atomic mass is 10.1. The van der Waals surface area contributed by atoms with Crippen LogP contribution in [0.2, 0.25) is 0 Å². The third kappa shape index (κ3) is 5.53. The molecular weight excluding hydrogens is 392 g/mol. The molecule has 0 saturated carbocycles. The van der Waals surface area contributed by atoms with Gasteiger partial charge < -0.3 is 9.64 Å². The summed E-state index contributed by atoms with van der Waals surface area (Å²) < 4.78 is 5.83. The standard InChI is InChI=1S/C21H24N2O3S2/c1-16(14-17-6-3-2-4-7-17)15-18-20(25)23(21(27)28-18)9-5-8-19(24)22-10-12-26-13-11-22/h2-4,6-7,14-15H,5,8-13H2,1H3. The Balaban J connectivity index is 1.54. The molecule has 2 heterocycles. The van der Waals surface area contributed by atoms with Gasteiger partial charge in [0, 0.05) is 26.1 Å². The molecule has 0 spiro atoms. The molecule has 1 aromatic rings. The third-order valence-corrected chi connectivity index (χ3v) is 5.94. The maximum Gasteiger partial charge on any atom is 0.266 e. The number of rotatable bonds is 6. The minimum Gasteiger partial charge on any atom is -0.378 e. The quantitative estimate of drug-likeness (QED) is 0.525. The van der Waals surface area contributed by atoms with Crippen molar-refractivity contribution in [3.8, 4) is 0 Å². The number of hydrogen-bond donors (Lipinski definition) is 0. The third-order valence-electron chi connectivity index (χ3n) is 4.56. The van der Waals surface area contributed by atoms with Crippen LogP contribution in [0.4, 0.5) is 0 Å². The van der Waals surface area contributed by atoms with Crippen molar-refractivity contribution in [3.05, 3.63) is 52.4 Å². The fraction of sp³-hybridized carbons (Fsp3) is 0.381. The highest BCUT2D eigenvalue weighted by atomic mass is 32.2. The van der Waals surface area contributed by atoms with Crippen molar-refractivity contribution in [1.82, 2.24) is 9.80 Å². The highest BCUT2D eigenvalue weighted by Crippen LogP contribution is 2.32. The Morgan fingerprint density at radius 3 is 2.68 bits per heavy atom. The lowest BCUT2D eigenvalue weighted by molar-refractivity contribution is -0.135. The fourth-order valence-corrected chi connectivity index (χ4v) is 4.47. The number of benzene rings is 1. The summed E-state index contributed by atoms with van der Waals surface area (Å²) in [4.78, 5) is 29.0. The van der Waals surface area contributed by atoms with Crippen LogP contribution in [0.3, 0.4) is 0 Å². The Bertz CT molecular complexity index is 799. The average Bonchev–Trinajstić information content (AvgIpc) is 2.96. The maximum absolute atomic E-state index is 12.7. The van der Waals surface area contributed by atoms with E-state index in [0.717, 1.165) is 11.1 Å². The number of nitrogens with zero attached hydrogens (tertiary/aromatic N) is 2. The van der Waals surface area contributed by atoms with E-state index in [9.17, 15) is 9.59 Å². The van der Waals surface area contributed by atoms with Crippen molar-refractivity contribution in [3.63, 3.8) is 0 Å². The van der Waals surface area contributed by atoms with Crippen LogP contribution in [0, 0.1) is 0 Å². The van der Waals surface area contributed by atoms with E-state index < -0.39 is 0 Å². The molecule has 2 amide bonds. The average molecular weight is 417 g/mol. The van der Waals surface area contributed by atoms with Crippen LogP contribution < -0.4 is 0 Å². The minimum atomic E-state index is -0.0744. The Morgan fingerprint density at radius 1 is 1.25 bits per heavy atom. The molecule has 2 fully saturated rings. The number of allylic oxidation sites excluding steroid dienone is 2. The predicted octanol–water partition coefficient (Wildman–Crippen LogP) is 3.47. The van der Waals surface area contributed by atoms with Crippen molar-refractivity contribution in [2.24, 2.45) is 0 Å². The number of ether oxygens (including phenoxy) is 1. The monoisotopic (exact) mass is 416 g/mol. The molecule has 0 bridgehead atoms. The smallest absolute Gasteiger partial charge is 0.266 e. The van der Waals surface area contributed by atoms with Gasteiger partial charge >= 0.3 is 0 Å². The van der Waals surface area contributed by atoms with Gasteiger partial charge in [-0.05, 0) is 30.6 Å². The Morgan fingerprint density at radius 2 is 1.96 bits per heavy atom. The second kappa shape index (κ2) is 10.0. The molecule has 2 aliphatic rings. The molecule has 0 unspecified atom stereocenters. The maximum atomic E-state index is 12.7. The summed E-state index contributed by atoms with van der Waals surface area (Å²) in [7, 11) is 0. The molecule has 7 heteroatoms. The van der Waals surface area contributed by atoms with E-state index in [1.165, 1.54) is 11.8 Å². The molecular formula is C21H24N2O3S2. The fourth-order valence-electron chi connectivity index (χ4n) is 3.11. The number of thiocarbonyl (C=S) groups is 1. The molecule has 0 atom stereocenters. The van der Waals surface area contributed by atoms with Gasteiger partial charge in [-0.3, -0.25) is 14.5 Å².